The number of unbranched alkanes of at least 4 members (excludes halogenated alkanes) is 1. The SMILES string of the molecule is Cc1ccc(NCCCCC(N)=O)c(N)c1. The zero-order valence-electron chi connectivity index (χ0n) is 9.62. The molecule has 0 atom stereocenters. The normalized spacial score (nSPS) is 10.1. The molecule has 0 radical (unpaired) electrons. The first-order valence-corrected chi connectivity index (χ1v) is 5.48. The fourth-order valence-electron chi connectivity index (χ4n) is 1.49. The van der Waals surface area contributed by atoms with E-state index >= 15 is 0 Å². The lowest BCUT2D eigenvalue weighted by Gasteiger charge is -2.09. The summed E-state index contributed by atoms with van der Waals surface area (Å²) < 4.78 is 0. The minimum absolute atomic E-state index is 0.241. The van der Waals surface area contributed by atoms with Crippen LogP contribution in [0, 0.1) is 6.92 Å². The van der Waals surface area contributed by atoms with Gasteiger partial charge in [0.25, 0.3) is 0 Å². The number of nitrogen functional groups attached to an aromatic ring is 1. The van der Waals surface area contributed by atoms with Gasteiger partial charge in [-0.15, -0.1) is 0 Å². The summed E-state index contributed by atoms with van der Waals surface area (Å²) in [6, 6.07) is 5.92. The van der Waals surface area contributed by atoms with E-state index in [1.807, 2.05) is 25.1 Å². The van der Waals surface area contributed by atoms with Gasteiger partial charge in [-0.1, -0.05) is 6.07 Å². The summed E-state index contributed by atoms with van der Waals surface area (Å²) in [7, 11) is 0. The summed E-state index contributed by atoms with van der Waals surface area (Å²) >= 11 is 0. The Labute approximate surface area is 96.0 Å². The zero-order chi connectivity index (χ0) is 12.0. The van der Waals surface area contributed by atoms with Gasteiger partial charge in [0.1, 0.15) is 0 Å². The Morgan fingerprint density at radius 2 is 2.12 bits per heavy atom. The molecule has 5 N–H and O–H groups in total. The van der Waals surface area contributed by atoms with Crippen molar-refractivity contribution in [2.75, 3.05) is 17.6 Å². The van der Waals surface area contributed by atoms with Crippen molar-refractivity contribution in [1.82, 2.24) is 0 Å². The molecule has 0 saturated heterocycles. The molecule has 0 aromatic heterocycles. The van der Waals surface area contributed by atoms with Crippen LogP contribution in [0.4, 0.5) is 11.4 Å². The van der Waals surface area contributed by atoms with Crippen molar-refractivity contribution in [3.05, 3.63) is 23.8 Å². The number of nitrogens with two attached hydrogens (primary N) is 2. The molecule has 1 amide bonds. The summed E-state index contributed by atoms with van der Waals surface area (Å²) in [6.07, 6.45) is 2.18. The first kappa shape index (κ1) is 12.4. The van der Waals surface area contributed by atoms with E-state index in [4.69, 9.17) is 11.5 Å². The molecule has 0 saturated carbocycles. The molecule has 0 aliphatic rings. The maximum absolute atomic E-state index is 10.5. The van der Waals surface area contributed by atoms with Crippen molar-refractivity contribution >= 4 is 17.3 Å². The highest BCUT2D eigenvalue weighted by molar-refractivity contribution is 5.73. The average molecular weight is 221 g/mol. The molecule has 1 aromatic rings. The molecule has 0 aliphatic heterocycles. The molecule has 0 heterocycles. The number of amides is 1. The fourth-order valence-corrected chi connectivity index (χ4v) is 1.49. The third-order valence-electron chi connectivity index (χ3n) is 2.37. The number of anilines is 2. The predicted molar refractivity (Wildman–Crippen MR) is 67.1 cm³/mol. The highest BCUT2D eigenvalue weighted by Gasteiger charge is 1.98. The standard InChI is InChI=1S/C12H19N3O/c1-9-5-6-11(10(13)8-9)15-7-3-2-4-12(14)16/h5-6,8,15H,2-4,7,13H2,1H3,(H2,14,16). The van der Waals surface area contributed by atoms with E-state index in [0.717, 1.165) is 36.3 Å². The predicted octanol–water partition coefficient (Wildman–Crippen LogP) is 1.64. The number of rotatable bonds is 6. The second-order valence-corrected chi connectivity index (χ2v) is 3.94. The van der Waals surface area contributed by atoms with Crippen molar-refractivity contribution in [2.45, 2.75) is 26.2 Å². The molecule has 16 heavy (non-hydrogen) atoms. The number of nitrogens with one attached hydrogen (secondary N) is 1. The average Bonchev–Trinajstić information content (AvgIpc) is 2.20. The van der Waals surface area contributed by atoms with Gasteiger partial charge in [-0.3, -0.25) is 4.79 Å². The lowest BCUT2D eigenvalue weighted by Crippen LogP contribution is -2.11. The van der Waals surface area contributed by atoms with E-state index in [1.165, 1.54) is 0 Å². The van der Waals surface area contributed by atoms with Crippen molar-refractivity contribution in [3.8, 4) is 0 Å². The summed E-state index contributed by atoms with van der Waals surface area (Å²) in [6.45, 7) is 2.81. The van der Waals surface area contributed by atoms with E-state index in [0.29, 0.717) is 6.42 Å². The van der Waals surface area contributed by atoms with Crippen LogP contribution >= 0.6 is 0 Å². The van der Waals surface area contributed by atoms with E-state index in [1.54, 1.807) is 0 Å². The van der Waals surface area contributed by atoms with Crippen molar-refractivity contribution in [1.29, 1.82) is 0 Å². The first-order valence-electron chi connectivity index (χ1n) is 5.48. The summed E-state index contributed by atoms with van der Waals surface area (Å²) in [5, 5.41) is 3.24. The number of hydrogen-bond donors (Lipinski definition) is 3. The van der Waals surface area contributed by atoms with E-state index in [2.05, 4.69) is 5.32 Å². The Balaban J connectivity index is 2.29. The third kappa shape index (κ3) is 4.21. The zero-order valence-corrected chi connectivity index (χ0v) is 9.62. The lowest BCUT2D eigenvalue weighted by molar-refractivity contribution is -0.118. The van der Waals surface area contributed by atoms with Gasteiger partial charge < -0.3 is 16.8 Å². The van der Waals surface area contributed by atoms with Crippen LogP contribution < -0.4 is 16.8 Å². The van der Waals surface area contributed by atoms with Crippen molar-refractivity contribution in [2.24, 2.45) is 5.73 Å². The number of aryl methyl sites for hydroxylation is 1. The van der Waals surface area contributed by atoms with Crippen molar-refractivity contribution in [3.63, 3.8) is 0 Å². The van der Waals surface area contributed by atoms with Crippen LogP contribution in [0.5, 0.6) is 0 Å². The third-order valence-corrected chi connectivity index (χ3v) is 2.37. The minimum Gasteiger partial charge on any atom is -0.397 e. The highest BCUT2D eigenvalue weighted by Crippen LogP contribution is 2.19. The smallest absolute Gasteiger partial charge is 0.217 e. The summed E-state index contributed by atoms with van der Waals surface area (Å²) in [5.74, 6) is -0.241. The maximum atomic E-state index is 10.5. The van der Waals surface area contributed by atoms with E-state index in [-0.39, 0.29) is 5.91 Å². The highest BCUT2D eigenvalue weighted by atomic mass is 16.1. The topological polar surface area (TPSA) is 81.1 Å². The fraction of sp³-hybridized carbons (Fsp3) is 0.417. The van der Waals surface area contributed by atoms with Crippen molar-refractivity contribution < 1.29 is 4.79 Å². The molecule has 0 aliphatic carbocycles. The van der Waals surface area contributed by atoms with Gasteiger partial charge in [0.05, 0.1) is 11.4 Å². The molecule has 0 fully saturated rings. The molecule has 0 bridgehead atoms. The quantitative estimate of drug-likeness (QED) is 0.504. The van der Waals surface area contributed by atoms with Gasteiger partial charge in [-0.25, -0.2) is 0 Å². The Bertz CT molecular complexity index is 363. The van der Waals surface area contributed by atoms with Gasteiger partial charge in [0.2, 0.25) is 5.91 Å². The molecular weight excluding hydrogens is 202 g/mol. The lowest BCUT2D eigenvalue weighted by atomic mass is 10.2. The second kappa shape index (κ2) is 6.00. The number of carbonyl (C=O) groups excluding carboxylic acids is 1. The molecule has 4 heteroatoms. The van der Waals surface area contributed by atoms with Crippen LogP contribution in [-0.2, 0) is 4.79 Å². The molecule has 0 unspecified atom stereocenters. The number of primary amides is 1. The maximum Gasteiger partial charge on any atom is 0.217 e. The number of benzene rings is 1. The Morgan fingerprint density at radius 3 is 2.75 bits per heavy atom. The molecule has 88 valence electrons. The van der Waals surface area contributed by atoms with Gasteiger partial charge >= 0.3 is 0 Å². The van der Waals surface area contributed by atoms with Gasteiger partial charge in [-0.05, 0) is 37.5 Å². The van der Waals surface area contributed by atoms with Crippen LogP contribution in [-0.4, -0.2) is 12.5 Å². The van der Waals surface area contributed by atoms with E-state index in [9.17, 15) is 4.79 Å². The van der Waals surface area contributed by atoms with Crippen LogP contribution in [0.1, 0.15) is 24.8 Å². The molecule has 1 rings (SSSR count). The molecule has 4 nitrogen and oxygen atoms in total. The summed E-state index contributed by atoms with van der Waals surface area (Å²) in [4.78, 5) is 10.5. The number of carbonyl (C=O) groups is 1. The monoisotopic (exact) mass is 221 g/mol. The van der Waals surface area contributed by atoms with Gasteiger partial charge in [0.15, 0.2) is 0 Å². The Hall–Kier alpha value is -1.71. The van der Waals surface area contributed by atoms with Gasteiger partial charge in [-0.2, -0.15) is 0 Å². The van der Waals surface area contributed by atoms with E-state index < -0.39 is 0 Å². The largest absolute Gasteiger partial charge is 0.397 e. The number of hydrogen-bond acceptors (Lipinski definition) is 3. The molecular formula is C12H19N3O. The summed E-state index contributed by atoms with van der Waals surface area (Å²) in [5.41, 5.74) is 13.8. The van der Waals surface area contributed by atoms with Crippen LogP contribution in [0.3, 0.4) is 0 Å². The van der Waals surface area contributed by atoms with Crippen LogP contribution in [0.2, 0.25) is 0 Å². The van der Waals surface area contributed by atoms with Crippen LogP contribution in [0.25, 0.3) is 0 Å². The second-order valence-electron chi connectivity index (χ2n) is 3.94. The Morgan fingerprint density at radius 1 is 1.38 bits per heavy atom. The van der Waals surface area contributed by atoms with Gasteiger partial charge in [0, 0.05) is 13.0 Å². The Kier molecular flexibility index (Phi) is 4.64. The first-order chi connectivity index (χ1) is 7.59. The minimum atomic E-state index is -0.241. The van der Waals surface area contributed by atoms with Crippen LogP contribution in [0.15, 0.2) is 18.2 Å². The molecule has 1 aromatic carbocycles. The molecule has 0 spiro atoms.